The summed E-state index contributed by atoms with van der Waals surface area (Å²) in [4.78, 5) is 10.3. The average Bonchev–Trinajstić information content (AvgIpc) is 2.27. The van der Waals surface area contributed by atoms with Crippen LogP contribution in [0.15, 0.2) is 21.1 Å². The number of benzene rings is 1. The second-order valence-electron chi connectivity index (χ2n) is 3.44. The van der Waals surface area contributed by atoms with E-state index in [1.165, 1.54) is 0 Å². The fraction of sp³-hybridized carbons (Fsp3) is 0.364. The molecule has 18 heavy (non-hydrogen) atoms. The summed E-state index contributed by atoms with van der Waals surface area (Å²) in [6.07, 6.45) is -0.758. The van der Waals surface area contributed by atoms with E-state index in [-0.39, 0.29) is 6.61 Å². The van der Waals surface area contributed by atoms with E-state index in [1.807, 2.05) is 12.1 Å². The lowest BCUT2D eigenvalue weighted by molar-refractivity contribution is 0.157. The zero-order chi connectivity index (χ0) is 13.5. The van der Waals surface area contributed by atoms with E-state index in [4.69, 9.17) is 10.5 Å². The Balaban J connectivity index is 2.46. The molecule has 7 heteroatoms. The van der Waals surface area contributed by atoms with Crippen molar-refractivity contribution in [2.45, 2.75) is 6.54 Å². The monoisotopic (exact) mass is 380 g/mol. The number of carbonyl (C=O) groups excluding carboxylic acids is 1. The summed E-state index contributed by atoms with van der Waals surface area (Å²) >= 11 is 6.86. The van der Waals surface area contributed by atoms with Gasteiger partial charge in [0, 0.05) is 13.1 Å². The molecule has 0 aromatic heterocycles. The number of ether oxygens (including phenoxy) is 2. The van der Waals surface area contributed by atoms with Crippen LogP contribution in [-0.4, -0.2) is 26.4 Å². The van der Waals surface area contributed by atoms with Gasteiger partial charge >= 0.3 is 6.09 Å². The van der Waals surface area contributed by atoms with Crippen LogP contribution in [0.3, 0.4) is 0 Å². The van der Waals surface area contributed by atoms with Gasteiger partial charge in [-0.3, -0.25) is 0 Å². The van der Waals surface area contributed by atoms with Crippen molar-refractivity contribution < 1.29 is 14.3 Å². The molecule has 1 amide bonds. The molecule has 0 bridgehead atoms. The van der Waals surface area contributed by atoms with Crippen LogP contribution in [-0.2, 0) is 11.3 Å². The van der Waals surface area contributed by atoms with E-state index in [1.54, 1.807) is 7.11 Å². The Bertz CT molecular complexity index is 404. The minimum Gasteiger partial charge on any atom is -0.494 e. The molecule has 0 saturated carbocycles. The van der Waals surface area contributed by atoms with Gasteiger partial charge in [0.05, 0.1) is 16.1 Å². The summed E-state index contributed by atoms with van der Waals surface area (Å²) in [5, 5.41) is 3.13. The molecule has 1 aromatic carbocycles. The number of primary amides is 1. The first-order valence-corrected chi connectivity index (χ1v) is 6.78. The van der Waals surface area contributed by atoms with Gasteiger partial charge in [0.2, 0.25) is 0 Å². The molecule has 0 heterocycles. The van der Waals surface area contributed by atoms with Crippen molar-refractivity contribution in [3.05, 3.63) is 26.6 Å². The van der Waals surface area contributed by atoms with E-state index in [9.17, 15) is 4.79 Å². The van der Waals surface area contributed by atoms with Crippen molar-refractivity contribution in [1.82, 2.24) is 5.32 Å². The molecule has 1 aromatic rings. The fourth-order valence-corrected chi connectivity index (χ4v) is 2.97. The van der Waals surface area contributed by atoms with Crippen molar-refractivity contribution in [2.75, 3.05) is 20.3 Å². The largest absolute Gasteiger partial charge is 0.494 e. The molecular weight excluding hydrogens is 368 g/mol. The maximum Gasteiger partial charge on any atom is 0.404 e. The molecule has 3 N–H and O–H groups in total. The van der Waals surface area contributed by atoms with Crippen LogP contribution in [0.25, 0.3) is 0 Å². The molecule has 0 aliphatic heterocycles. The fourth-order valence-electron chi connectivity index (χ4n) is 1.37. The van der Waals surface area contributed by atoms with Crippen molar-refractivity contribution in [3.8, 4) is 5.75 Å². The topological polar surface area (TPSA) is 73.6 Å². The zero-order valence-electron chi connectivity index (χ0n) is 9.83. The highest BCUT2D eigenvalue weighted by Gasteiger charge is 2.07. The molecule has 0 aliphatic rings. The van der Waals surface area contributed by atoms with Gasteiger partial charge in [0.1, 0.15) is 12.4 Å². The number of nitrogens with one attached hydrogen (secondary N) is 1. The minimum atomic E-state index is -0.758. The summed E-state index contributed by atoms with van der Waals surface area (Å²) < 4.78 is 11.6. The third-order valence-corrected chi connectivity index (χ3v) is 3.29. The maximum atomic E-state index is 10.3. The van der Waals surface area contributed by atoms with Gasteiger partial charge in [-0.05, 0) is 49.6 Å². The van der Waals surface area contributed by atoms with Crippen LogP contribution in [0, 0.1) is 0 Å². The first-order chi connectivity index (χ1) is 8.54. The van der Waals surface area contributed by atoms with Crippen molar-refractivity contribution >= 4 is 38.0 Å². The van der Waals surface area contributed by atoms with Crippen LogP contribution >= 0.6 is 31.9 Å². The molecule has 0 atom stereocenters. The van der Waals surface area contributed by atoms with E-state index < -0.39 is 6.09 Å². The van der Waals surface area contributed by atoms with Crippen molar-refractivity contribution in [3.63, 3.8) is 0 Å². The number of rotatable bonds is 6. The Hall–Kier alpha value is -0.790. The smallest absolute Gasteiger partial charge is 0.404 e. The molecular formula is C11H14Br2N2O3. The normalized spacial score (nSPS) is 10.2. The van der Waals surface area contributed by atoms with Crippen LogP contribution < -0.4 is 15.8 Å². The molecule has 0 radical (unpaired) electrons. The lowest BCUT2D eigenvalue weighted by atomic mass is 10.2. The van der Waals surface area contributed by atoms with E-state index >= 15 is 0 Å². The predicted molar refractivity (Wildman–Crippen MR) is 75.6 cm³/mol. The number of hydrogen-bond acceptors (Lipinski definition) is 4. The van der Waals surface area contributed by atoms with Gasteiger partial charge in [0.15, 0.2) is 0 Å². The second kappa shape index (κ2) is 7.60. The number of nitrogens with two attached hydrogens (primary N) is 1. The average molecular weight is 382 g/mol. The number of carbonyl (C=O) groups is 1. The second-order valence-corrected chi connectivity index (χ2v) is 5.15. The highest BCUT2D eigenvalue weighted by Crippen LogP contribution is 2.34. The molecule has 0 fully saturated rings. The lowest BCUT2D eigenvalue weighted by Gasteiger charge is -2.10. The van der Waals surface area contributed by atoms with Gasteiger partial charge in [-0.15, -0.1) is 0 Å². The molecule has 0 saturated heterocycles. The third kappa shape index (κ3) is 4.83. The van der Waals surface area contributed by atoms with Crippen molar-refractivity contribution in [1.29, 1.82) is 0 Å². The quantitative estimate of drug-likeness (QED) is 0.742. The minimum absolute atomic E-state index is 0.258. The molecule has 100 valence electrons. The summed E-state index contributed by atoms with van der Waals surface area (Å²) in [6, 6.07) is 3.93. The Morgan fingerprint density at radius 1 is 1.39 bits per heavy atom. The number of halogens is 2. The first-order valence-electron chi connectivity index (χ1n) is 5.19. The maximum absolute atomic E-state index is 10.3. The van der Waals surface area contributed by atoms with Gasteiger partial charge in [-0.2, -0.15) is 0 Å². The third-order valence-electron chi connectivity index (χ3n) is 2.11. The van der Waals surface area contributed by atoms with Crippen molar-refractivity contribution in [2.24, 2.45) is 5.73 Å². The number of methoxy groups -OCH3 is 1. The van der Waals surface area contributed by atoms with Gasteiger partial charge < -0.3 is 20.5 Å². The summed E-state index contributed by atoms with van der Waals surface area (Å²) in [6.45, 7) is 1.46. The Morgan fingerprint density at radius 3 is 2.50 bits per heavy atom. The zero-order valence-corrected chi connectivity index (χ0v) is 13.0. The van der Waals surface area contributed by atoms with E-state index in [0.29, 0.717) is 13.1 Å². The Morgan fingerprint density at radius 2 is 2.00 bits per heavy atom. The highest BCUT2D eigenvalue weighted by molar-refractivity contribution is 9.11. The summed E-state index contributed by atoms with van der Waals surface area (Å²) in [5.41, 5.74) is 5.92. The molecule has 0 spiro atoms. The summed E-state index contributed by atoms with van der Waals surface area (Å²) in [5.74, 6) is 0.760. The Labute approximate surface area is 122 Å². The standard InChI is InChI=1S/C11H14Br2N2O3/c1-17-10-8(12)4-7(5-9(10)13)6-15-2-3-18-11(14)16/h4-5,15H,2-3,6H2,1H3,(H2,14,16). The van der Waals surface area contributed by atoms with Crippen LogP contribution in [0.5, 0.6) is 5.75 Å². The van der Waals surface area contributed by atoms with E-state index in [0.717, 1.165) is 20.3 Å². The highest BCUT2D eigenvalue weighted by atomic mass is 79.9. The molecule has 5 nitrogen and oxygen atoms in total. The van der Waals surface area contributed by atoms with Gasteiger partial charge in [-0.1, -0.05) is 0 Å². The van der Waals surface area contributed by atoms with E-state index in [2.05, 4.69) is 41.9 Å². The molecule has 0 unspecified atom stereocenters. The SMILES string of the molecule is COc1c(Br)cc(CNCCOC(N)=O)cc1Br. The molecule has 1 rings (SSSR count). The summed E-state index contributed by atoms with van der Waals surface area (Å²) in [7, 11) is 1.62. The van der Waals surface area contributed by atoms with Gasteiger partial charge in [-0.25, -0.2) is 4.79 Å². The van der Waals surface area contributed by atoms with Crippen LogP contribution in [0.2, 0.25) is 0 Å². The lowest BCUT2D eigenvalue weighted by Crippen LogP contribution is -2.23. The number of amides is 1. The predicted octanol–water partition coefficient (Wildman–Crippen LogP) is 2.41. The Kier molecular flexibility index (Phi) is 6.45. The van der Waals surface area contributed by atoms with Crippen LogP contribution in [0.4, 0.5) is 4.79 Å². The van der Waals surface area contributed by atoms with Gasteiger partial charge in [0.25, 0.3) is 0 Å². The molecule has 0 aliphatic carbocycles. The van der Waals surface area contributed by atoms with Crippen LogP contribution in [0.1, 0.15) is 5.56 Å². The number of hydrogen-bond donors (Lipinski definition) is 2. The first kappa shape index (κ1) is 15.3.